The van der Waals surface area contributed by atoms with Gasteiger partial charge in [-0.15, -0.1) is 0 Å². The molecule has 2 aliphatic heterocycles. The highest BCUT2D eigenvalue weighted by Crippen LogP contribution is 2.37. The fourth-order valence-electron chi connectivity index (χ4n) is 7.01. The summed E-state index contributed by atoms with van der Waals surface area (Å²) in [5, 5.41) is 8.87. The number of carbonyl (C=O) groups is 2. The maximum Gasteiger partial charge on any atom is 0.335 e. The Hall–Kier alpha value is -4.78. The highest BCUT2D eigenvalue weighted by molar-refractivity contribution is 6.06. The van der Waals surface area contributed by atoms with Crippen LogP contribution in [-0.2, 0) is 41.8 Å². The molecule has 46 heavy (non-hydrogen) atoms. The minimum absolute atomic E-state index is 0.290. The van der Waals surface area contributed by atoms with Crippen LogP contribution in [0.25, 0.3) is 54.2 Å². The molecule has 2 saturated heterocycles. The first kappa shape index (κ1) is 28.7. The molecule has 230 valence electrons. The molecule has 2 unspecified atom stereocenters. The van der Waals surface area contributed by atoms with E-state index in [0.717, 1.165) is 65.3 Å². The van der Waals surface area contributed by atoms with E-state index in [1.807, 2.05) is 38.1 Å². The zero-order valence-corrected chi connectivity index (χ0v) is 25.9. The third-order valence-electron chi connectivity index (χ3n) is 9.35. The van der Waals surface area contributed by atoms with Crippen LogP contribution in [0.2, 0.25) is 0 Å². The van der Waals surface area contributed by atoms with Crippen molar-refractivity contribution in [3.05, 3.63) is 108 Å². The van der Waals surface area contributed by atoms with Crippen LogP contribution >= 0.6 is 0 Å². The van der Waals surface area contributed by atoms with Crippen molar-refractivity contribution < 1.29 is 28.5 Å². The minimum Gasteiger partial charge on any atom is -0.464 e. The van der Waals surface area contributed by atoms with Gasteiger partial charge >= 0.3 is 11.9 Å². The molecule has 2 atom stereocenters. The molecule has 0 bridgehead atoms. The summed E-state index contributed by atoms with van der Waals surface area (Å²) in [7, 11) is 0. The molecule has 0 radical (unpaired) electrons. The Morgan fingerprint density at radius 1 is 0.630 bits per heavy atom. The predicted molar refractivity (Wildman–Crippen MR) is 179 cm³/mol. The van der Waals surface area contributed by atoms with E-state index < -0.39 is 17.8 Å². The predicted octanol–water partition coefficient (Wildman–Crippen LogP) is 8.41. The highest BCUT2D eigenvalue weighted by atomic mass is 16.6. The number of fused-ring (bicyclic) bond motifs is 4. The fourth-order valence-corrected chi connectivity index (χ4v) is 7.01. The van der Waals surface area contributed by atoms with Crippen molar-refractivity contribution in [2.24, 2.45) is 0 Å². The summed E-state index contributed by atoms with van der Waals surface area (Å²) in [5.41, 5.74) is 3.74. The lowest BCUT2D eigenvalue weighted by Gasteiger charge is -2.17. The Kier molecular flexibility index (Phi) is 7.00. The molecule has 0 saturated carbocycles. The second-order valence-electron chi connectivity index (χ2n) is 13.0. The molecular weight excluding hydrogens is 576 g/mol. The van der Waals surface area contributed by atoms with Gasteiger partial charge in [0, 0.05) is 12.8 Å². The lowest BCUT2D eigenvalue weighted by atomic mass is 9.91. The van der Waals surface area contributed by atoms with Crippen LogP contribution in [0.3, 0.4) is 0 Å². The number of carbonyl (C=O) groups excluding carboxylic acids is 2. The van der Waals surface area contributed by atoms with Gasteiger partial charge in [-0.25, -0.2) is 9.59 Å². The van der Waals surface area contributed by atoms with Crippen molar-refractivity contribution in [2.45, 2.75) is 57.7 Å². The zero-order chi connectivity index (χ0) is 31.4. The monoisotopic (exact) mass is 610 g/mol. The molecule has 6 aromatic carbocycles. The van der Waals surface area contributed by atoms with Gasteiger partial charge in [0.05, 0.1) is 19.8 Å². The average Bonchev–Trinajstić information content (AvgIpc) is 3.59. The molecule has 2 aliphatic rings. The SMILES string of the molecule is CC1(C)CC(OCc2c3ccccc3cc3ccc(-c4ccc5cc6ccccc6c(COC6CCOC6=O)c5c4)cc23)C(=O)O1. The van der Waals surface area contributed by atoms with Crippen LogP contribution in [-0.4, -0.2) is 36.4 Å². The molecule has 6 heteroatoms. The number of rotatable bonds is 7. The topological polar surface area (TPSA) is 71.1 Å². The largest absolute Gasteiger partial charge is 0.464 e. The summed E-state index contributed by atoms with van der Waals surface area (Å²) in [6.45, 7) is 4.84. The molecule has 6 aromatic rings. The maximum atomic E-state index is 12.6. The normalized spacial score (nSPS) is 19.3. The Bertz CT molecular complexity index is 2180. The Balaban J connectivity index is 1.22. The van der Waals surface area contributed by atoms with E-state index >= 15 is 0 Å². The van der Waals surface area contributed by atoms with Crippen LogP contribution in [0.5, 0.6) is 0 Å². The molecule has 0 N–H and O–H groups in total. The van der Waals surface area contributed by atoms with E-state index in [1.165, 1.54) is 0 Å². The van der Waals surface area contributed by atoms with Gasteiger partial charge in [-0.2, -0.15) is 0 Å². The van der Waals surface area contributed by atoms with E-state index in [1.54, 1.807) is 0 Å². The van der Waals surface area contributed by atoms with E-state index in [-0.39, 0.29) is 11.9 Å². The minimum atomic E-state index is -0.589. The second-order valence-corrected chi connectivity index (χ2v) is 13.0. The fraction of sp³-hybridized carbons (Fsp3) is 0.250. The summed E-state index contributed by atoms with van der Waals surface area (Å²) in [5.74, 6) is -0.592. The van der Waals surface area contributed by atoms with Crippen LogP contribution in [0.1, 0.15) is 37.8 Å². The molecule has 0 aliphatic carbocycles. The maximum absolute atomic E-state index is 12.6. The first-order chi connectivity index (χ1) is 22.3. The number of hydrogen-bond donors (Lipinski definition) is 0. The molecule has 0 spiro atoms. The molecular formula is C40H34O6. The molecule has 2 fully saturated rings. The molecule has 2 heterocycles. The van der Waals surface area contributed by atoms with Crippen molar-refractivity contribution >= 4 is 55.0 Å². The van der Waals surface area contributed by atoms with Crippen molar-refractivity contribution in [2.75, 3.05) is 6.61 Å². The van der Waals surface area contributed by atoms with Crippen LogP contribution in [0, 0.1) is 0 Å². The lowest BCUT2D eigenvalue weighted by Crippen LogP contribution is -2.19. The average molecular weight is 611 g/mol. The third kappa shape index (κ3) is 5.17. The van der Waals surface area contributed by atoms with Crippen molar-refractivity contribution in [1.29, 1.82) is 0 Å². The van der Waals surface area contributed by atoms with Crippen molar-refractivity contribution in [3.8, 4) is 11.1 Å². The Labute approximate surface area is 266 Å². The van der Waals surface area contributed by atoms with Gasteiger partial charge in [0.2, 0.25) is 0 Å². The van der Waals surface area contributed by atoms with Gasteiger partial charge in [0.1, 0.15) is 5.60 Å². The van der Waals surface area contributed by atoms with E-state index in [4.69, 9.17) is 18.9 Å². The van der Waals surface area contributed by atoms with Crippen LogP contribution in [0.15, 0.2) is 97.1 Å². The van der Waals surface area contributed by atoms with Gasteiger partial charge in [0.25, 0.3) is 0 Å². The highest BCUT2D eigenvalue weighted by Gasteiger charge is 2.40. The third-order valence-corrected chi connectivity index (χ3v) is 9.35. The van der Waals surface area contributed by atoms with Crippen molar-refractivity contribution in [3.63, 3.8) is 0 Å². The second kappa shape index (κ2) is 11.2. The van der Waals surface area contributed by atoms with Gasteiger partial charge in [-0.05, 0) is 103 Å². The van der Waals surface area contributed by atoms with Gasteiger partial charge < -0.3 is 18.9 Å². The standard InChI is InChI=1S/C40H34O6/c1-40(2)21-37(39(42)46-40)45-23-35-31-10-6-4-8-27(31)18-29-14-12-25(20-33(29)35)24-11-13-28-17-26-7-3-5-9-30(26)34(32(28)19-24)22-44-36-15-16-43-38(36)41/h3-14,17-20,36-37H,15-16,21-23H2,1-2H3. The molecule has 6 nitrogen and oxygen atoms in total. The summed E-state index contributed by atoms with van der Waals surface area (Å²) < 4.78 is 23.1. The summed E-state index contributed by atoms with van der Waals surface area (Å²) >= 11 is 0. The smallest absolute Gasteiger partial charge is 0.335 e. The Morgan fingerprint density at radius 3 is 1.65 bits per heavy atom. The number of ether oxygens (including phenoxy) is 4. The first-order valence-corrected chi connectivity index (χ1v) is 15.8. The summed E-state index contributed by atoms with van der Waals surface area (Å²) in [4.78, 5) is 24.7. The van der Waals surface area contributed by atoms with Gasteiger partial charge in [-0.1, -0.05) is 72.8 Å². The van der Waals surface area contributed by atoms with Crippen LogP contribution < -0.4 is 0 Å². The van der Waals surface area contributed by atoms with E-state index in [9.17, 15) is 9.59 Å². The van der Waals surface area contributed by atoms with Gasteiger partial charge in [-0.3, -0.25) is 0 Å². The van der Waals surface area contributed by atoms with Crippen molar-refractivity contribution in [1.82, 2.24) is 0 Å². The zero-order valence-electron chi connectivity index (χ0n) is 25.9. The van der Waals surface area contributed by atoms with E-state index in [2.05, 4.69) is 72.8 Å². The number of esters is 2. The molecule has 0 aromatic heterocycles. The van der Waals surface area contributed by atoms with E-state index in [0.29, 0.717) is 32.7 Å². The number of benzene rings is 6. The summed E-state index contributed by atoms with van der Waals surface area (Å²) in [6.07, 6.45) is -0.0244. The molecule has 0 amide bonds. The van der Waals surface area contributed by atoms with Crippen LogP contribution in [0.4, 0.5) is 0 Å². The Morgan fingerprint density at radius 2 is 1.15 bits per heavy atom. The quantitative estimate of drug-likeness (QED) is 0.134. The summed E-state index contributed by atoms with van der Waals surface area (Å²) in [6, 6.07) is 34.1. The molecule has 8 rings (SSSR count). The first-order valence-electron chi connectivity index (χ1n) is 15.8. The number of cyclic esters (lactones) is 2. The lowest BCUT2D eigenvalue weighted by molar-refractivity contribution is -0.153. The van der Waals surface area contributed by atoms with Gasteiger partial charge in [0.15, 0.2) is 12.2 Å². The number of hydrogen-bond acceptors (Lipinski definition) is 6.